The Hall–Kier alpha value is -1.38. The lowest BCUT2D eigenvalue weighted by atomic mass is 9.62. The quantitative estimate of drug-likeness (QED) is 0.616. The molecule has 0 bridgehead atoms. The van der Waals surface area contributed by atoms with Crippen molar-refractivity contribution in [3.05, 3.63) is 23.3 Å². The molecule has 3 aliphatic rings. The Kier molecular flexibility index (Phi) is 2.31. The first-order chi connectivity index (χ1) is 8.44. The Balaban J connectivity index is 2.10. The molecule has 3 heteroatoms. The fourth-order valence-corrected chi connectivity index (χ4v) is 3.69. The molecule has 0 unspecified atom stereocenters. The normalized spacial score (nSPS) is 42.7. The molecular weight excluding hydrogens is 228 g/mol. The van der Waals surface area contributed by atoms with Crippen molar-refractivity contribution >= 4 is 11.8 Å². The van der Waals surface area contributed by atoms with E-state index in [-0.39, 0.29) is 35.1 Å². The molecule has 1 saturated carbocycles. The molecule has 3 rings (SSSR count). The van der Waals surface area contributed by atoms with E-state index in [1.54, 1.807) is 6.08 Å². The number of ketones is 1. The SMILES string of the molecule is CC1=C2[C@@H]3OC(=O)[C@@H](C)[C@@H]3CC[C@@]2(C)C=CC1=O. The summed E-state index contributed by atoms with van der Waals surface area (Å²) in [6, 6.07) is 0. The van der Waals surface area contributed by atoms with Gasteiger partial charge in [-0.25, -0.2) is 0 Å². The third-order valence-electron chi connectivity index (χ3n) is 4.92. The summed E-state index contributed by atoms with van der Waals surface area (Å²) in [5, 5.41) is 0. The van der Waals surface area contributed by atoms with E-state index in [4.69, 9.17) is 4.74 Å². The van der Waals surface area contributed by atoms with Gasteiger partial charge in [-0.15, -0.1) is 0 Å². The number of esters is 1. The van der Waals surface area contributed by atoms with Crippen molar-refractivity contribution in [2.24, 2.45) is 17.3 Å². The number of ether oxygens (including phenoxy) is 1. The molecule has 2 fully saturated rings. The van der Waals surface area contributed by atoms with E-state index in [9.17, 15) is 9.59 Å². The van der Waals surface area contributed by atoms with Crippen LogP contribution in [0.2, 0.25) is 0 Å². The number of rotatable bonds is 0. The van der Waals surface area contributed by atoms with E-state index in [0.29, 0.717) is 0 Å². The Labute approximate surface area is 107 Å². The molecule has 4 atom stereocenters. The van der Waals surface area contributed by atoms with Gasteiger partial charge in [-0.2, -0.15) is 0 Å². The zero-order valence-corrected chi connectivity index (χ0v) is 11.0. The highest BCUT2D eigenvalue weighted by molar-refractivity contribution is 6.05. The minimum Gasteiger partial charge on any atom is -0.457 e. The van der Waals surface area contributed by atoms with Crippen LogP contribution in [0.4, 0.5) is 0 Å². The van der Waals surface area contributed by atoms with Crippen molar-refractivity contribution in [3.63, 3.8) is 0 Å². The number of allylic oxidation sites excluding steroid dienone is 3. The second-order valence-corrected chi connectivity index (χ2v) is 6.00. The van der Waals surface area contributed by atoms with Crippen molar-refractivity contribution < 1.29 is 14.3 Å². The average molecular weight is 246 g/mol. The summed E-state index contributed by atoms with van der Waals surface area (Å²) >= 11 is 0. The van der Waals surface area contributed by atoms with E-state index in [1.807, 2.05) is 19.9 Å². The first kappa shape index (κ1) is 11.7. The highest BCUT2D eigenvalue weighted by Crippen LogP contribution is 2.52. The molecule has 0 spiro atoms. The number of hydrogen-bond acceptors (Lipinski definition) is 3. The van der Waals surface area contributed by atoms with Gasteiger partial charge in [0.25, 0.3) is 0 Å². The Morgan fingerprint density at radius 2 is 2.11 bits per heavy atom. The summed E-state index contributed by atoms with van der Waals surface area (Å²) in [4.78, 5) is 23.6. The van der Waals surface area contributed by atoms with Crippen LogP contribution in [-0.4, -0.2) is 17.9 Å². The summed E-state index contributed by atoms with van der Waals surface area (Å²) in [7, 11) is 0. The lowest BCUT2D eigenvalue weighted by Crippen LogP contribution is -2.39. The first-order valence-corrected chi connectivity index (χ1v) is 6.59. The van der Waals surface area contributed by atoms with Gasteiger partial charge in [0.1, 0.15) is 6.10 Å². The lowest BCUT2D eigenvalue weighted by molar-refractivity contribution is -0.143. The van der Waals surface area contributed by atoms with Crippen LogP contribution in [0.3, 0.4) is 0 Å². The molecule has 1 heterocycles. The maximum atomic E-state index is 11.9. The Morgan fingerprint density at radius 1 is 1.39 bits per heavy atom. The Bertz CT molecular complexity index is 500. The number of carbonyl (C=O) groups is 2. The minimum atomic E-state index is -0.180. The standard InChI is InChI=1S/C15H18O3/c1-8-10-4-6-15(3)7-5-11(16)9(2)12(15)13(10)18-14(8)17/h5,7-8,10,13H,4,6H2,1-3H3/t8-,10-,13+,15-/m0/s1. The molecule has 3 nitrogen and oxygen atoms in total. The van der Waals surface area contributed by atoms with Gasteiger partial charge in [0.2, 0.25) is 0 Å². The fraction of sp³-hybridized carbons (Fsp3) is 0.600. The lowest BCUT2D eigenvalue weighted by Gasteiger charge is -2.42. The van der Waals surface area contributed by atoms with Crippen LogP contribution in [0.1, 0.15) is 33.6 Å². The van der Waals surface area contributed by atoms with Gasteiger partial charge in [-0.1, -0.05) is 19.9 Å². The first-order valence-electron chi connectivity index (χ1n) is 6.59. The zero-order chi connectivity index (χ0) is 13.1. The minimum absolute atomic E-state index is 0.0409. The van der Waals surface area contributed by atoms with Crippen LogP contribution in [-0.2, 0) is 14.3 Å². The molecule has 96 valence electrons. The van der Waals surface area contributed by atoms with Crippen LogP contribution in [0, 0.1) is 17.3 Å². The third kappa shape index (κ3) is 1.36. The number of hydrogen-bond donors (Lipinski definition) is 0. The van der Waals surface area contributed by atoms with Crippen LogP contribution < -0.4 is 0 Å². The summed E-state index contributed by atoms with van der Waals surface area (Å²) in [6.45, 7) is 5.94. The van der Waals surface area contributed by atoms with Crippen molar-refractivity contribution in [2.75, 3.05) is 0 Å². The smallest absolute Gasteiger partial charge is 0.309 e. The van der Waals surface area contributed by atoms with Gasteiger partial charge in [-0.05, 0) is 31.4 Å². The largest absolute Gasteiger partial charge is 0.457 e. The van der Waals surface area contributed by atoms with Crippen molar-refractivity contribution in [1.29, 1.82) is 0 Å². The van der Waals surface area contributed by atoms with Gasteiger partial charge in [0, 0.05) is 16.9 Å². The maximum Gasteiger partial charge on any atom is 0.309 e. The monoisotopic (exact) mass is 246 g/mol. The molecule has 18 heavy (non-hydrogen) atoms. The van der Waals surface area contributed by atoms with Crippen LogP contribution in [0.5, 0.6) is 0 Å². The van der Waals surface area contributed by atoms with E-state index in [0.717, 1.165) is 24.0 Å². The predicted molar refractivity (Wildman–Crippen MR) is 66.7 cm³/mol. The average Bonchev–Trinajstić information content (AvgIpc) is 2.60. The van der Waals surface area contributed by atoms with Crippen LogP contribution >= 0.6 is 0 Å². The van der Waals surface area contributed by atoms with Crippen LogP contribution in [0.15, 0.2) is 23.3 Å². The van der Waals surface area contributed by atoms with E-state index < -0.39 is 0 Å². The molecule has 0 N–H and O–H groups in total. The fourth-order valence-electron chi connectivity index (χ4n) is 3.69. The van der Waals surface area contributed by atoms with Gasteiger partial charge in [0.05, 0.1) is 5.92 Å². The molecule has 1 saturated heterocycles. The number of fused-ring (bicyclic) bond motifs is 3. The summed E-state index contributed by atoms with van der Waals surface area (Å²) in [6.07, 6.45) is 5.46. The highest BCUT2D eigenvalue weighted by Gasteiger charge is 2.52. The molecule has 0 amide bonds. The molecule has 0 radical (unpaired) electrons. The maximum absolute atomic E-state index is 11.9. The molecule has 0 aromatic rings. The Morgan fingerprint density at radius 3 is 2.83 bits per heavy atom. The van der Waals surface area contributed by atoms with Crippen molar-refractivity contribution in [2.45, 2.75) is 39.7 Å². The van der Waals surface area contributed by atoms with Gasteiger partial charge in [-0.3, -0.25) is 9.59 Å². The second-order valence-electron chi connectivity index (χ2n) is 6.00. The molecular formula is C15H18O3. The topological polar surface area (TPSA) is 43.4 Å². The summed E-state index contributed by atoms with van der Waals surface area (Å²) in [5.74, 6) is 0.144. The molecule has 0 aromatic carbocycles. The zero-order valence-electron chi connectivity index (χ0n) is 11.0. The third-order valence-corrected chi connectivity index (χ3v) is 4.92. The van der Waals surface area contributed by atoms with Crippen molar-refractivity contribution in [1.82, 2.24) is 0 Å². The summed E-state index contributed by atoms with van der Waals surface area (Å²) in [5.41, 5.74) is 1.71. The molecule has 0 aromatic heterocycles. The molecule has 2 aliphatic carbocycles. The molecule has 1 aliphatic heterocycles. The van der Waals surface area contributed by atoms with E-state index in [2.05, 4.69) is 6.92 Å². The van der Waals surface area contributed by atoms with Gasteiger partial charge < -0.3 is 4.74 Å². The number of carbonyl (C=O) groups excluding carboxylic acids is 2. The van der Waals surface area contributed by atoms with Gasteiger partial charge in [0.15, 0.2) is 5.78 Å². The van der Waals surface area contributed by atoms with E-state index in [1.165, 1.54) is 0 Å². The van der Waals surface area contributed by atoms with Crippen molar-refractivity contribution in [3.8, 4) is 0 Å². The van der Waals surface area contributed by atoms with Crippen LogP contribution in [0.25, 0.3) is 0 Å². The van der Waals surface area contributed by atoms with E-state index >= 15 is 0 Å². The second kappa shape index (κ2) is 3.56. The van der Waals surface area contributed by atoms with Gasteiger partial charge >= 0.3 is 5.97 Å². The highest BCUT2D eigenvalue weighted by atomic mass is 16.6. The predicted octanol–water partition coefficient (Wildman–Crippen LogP) is 2.42. The summed E-state index contributed by atoms with van der Waals surface area (Å²) < 4.78 is 5.55.